The molecule has 17 heavy (non-hydrogen) atoms. The summed E-state index contributed by atoms with van der Waals surface area (Å²) in [7, 11) is 0. The molecule has 2 rings (SSSR count). The fraction of sp³-hybridized carbons (Fsp3) is 0.571. The van der Waals surface area contributed by atoms with Crippen LogP contribution in [0.2, 0.25) is 0 Å². The normalized spacial score (nSPS) is 16.5. The third-order valence-corrected chi connectivity index (χ3v) is 3.15. The van der Waals surface area contributed by atoms with Crippen molar-refractivity contribution in [3.63, 3.8) is 0 Å². The molecule has 1 aliphatic rings. The van der Waals surface area contributed by atoms with Crippen LogP contribution < -0.4 is 5.32 Å². The molecule has 1 heterocycles. The number of rotatable bonds is 4. The second-order valence-corrected chi connectivity index (χ2v) is 4.65. The Hall–Kier alpha value is 0.244. The van der Waals surface area contributed by atoms with Crippen molar-refractivity contribution in [2.45, 2.75) is 26.3 Å². The number of nitrogens with one attached hydrogen (secondary N) is 1. The first-order valence-electron chi connectivity index (χ1n) is 6.16. The van der Waals surface area contributed by atoms with Gasteiger partial charge < -0.3 is 10.6 Å². The van der Waals surface area contributed by atoms with Gasteiger partial charge in [0.05, 0.1) is 0 Å². The quantitative estimate of drug-likeness (QED) is 0.851. The molecule has 0 unspecified atom stereocenters. The molecule has 3 heteroatoms. The monoisotopic (exact) mass is 305 g/mol. The van der Waals surface area contributed by atoms with Gasteiger partial charge in [0.1, 0.15) is 0 Å². The maximum Gasteiger partial charge on any atom is 0 e. The molecule has 0 aliphatic carbocycles. The van der Waals surface area contributed by atoms with Gasteiger partial charge in [-0.25, -0.2) is 0 Å². The summed E-state index contributed by atoms with van der Waals surface area (Å²) in [5.41, 5.74) is 2.51. The van der Waals surface area contributed by atoms with E-state index in [4.69, 9.17) is 0 Å². The summed E-state index contributed by atoms with van der Waals surface area (Å²) in [5.74, 6) is 0.797. The van der Waals surface area contributed by atoms with E-state index >= 15 is 0 Å². The summed E-state index contributed by atoms with van der Waals surface area (Å²) < 4.78 is 0. The maximum atomic E-state index is 4.65. The molecule has 1 saturated heterocycles. The van der Waals surface area contributed by atoms with Gasteiger partial charge >= 0.3 is 0 Å². The maximum absolute atomic E-state index is 4.65. The summed E-state index contributed by atoms with van der Waals surface area (Å²) >= 11 is 0. The Morgan fingerprint density at radius 1 is 1.41 bits per heavy atom. The van der Waals surface area contributed by atoms with Gasteiger partial charge in [-0.15, -0.1) is 13.1 Å². The topological polar surface area (TPSA) is 26.1 Å². The smallest absolute Gasteiger partial charge is 0 e. The first kappa shape index (κ1) is 15.3. The van der Waals surface area contributed by atoms with Gasteiger partial charge in [-0.05, 0) is 25.9 Å². The Morgan fingerprint density at radius 2 is 2.18 bits per heavy atom. The zero-order chi connectivity index (χ0) is 11.2. The summed E-state index contributed by atoms with van der Waals surface area (Å²) in [6.45, 7) is 6.28. The second-order valence-electron chi connectivity index (χ2n) is 4.65. The van der Waals surface area contributed by atoms with E-state index in [9.17, 15) is 0 Å². The molecule has 0 amide bonds. The van der Waals surface area contributed by atoms with Crippen LogP contribution in [0.25, 0.3) is 5.32 Å². The van der Waals surface area contributed by atoms with E-state index < -0.39 is 0 Å². The van der Waals surface area contributed by atoms with Crippen molar-refractivity contribution in [2.75, 3.05) is 19.6 Å². The average Bonchev–Trinajstić information content (AvgIpc) is 2.30. The number of benzene rings is 1. The van der Waals surface area contributed by atoms with E-state index in [-0.39, 0.29) is 32.7 Å². The number of aryl methyl sites for hydroxylation is 1. The molecular formula is C14H20N2Y-2. The van der Waals surface area contributed by atoms with Crippen LogP contribution in [0.1, 0.15) is 24.0 Å². The van der Waals surface area contributed by atoms with Crippen LogP contribution in [-0.2, 0) is 39.3 Å². The number of hydrogen-bond acceptors (Lipinski definition) is 1. The van der Waals surface area contributed by atoms with E-state index in [1.54, 1.807) is 0 Å². The summed E-state index contributed by atoms with van der Waals surface area (Å²) in [6, 6.07) is 9.48. The molecule has 0 saturated carbocycles. The average molecular weight is 305 g/mol. The van der Waals surface area contributed by atoms with Crippen LogP contribution in [0.4, 0.5) is 0 Å². The van der Waals surface area contributed by atoms with Crippen LogP contribution in [0.15, 0.2) is 18.2 Å². The van der Waals surface area contributed by atoms with Crippen LogP contribution in [0.5, 0.6) is 0 Å². The van der Waals surface area contributed by atoms with Crippen molar-refractivity contribution in [3.8, 4) is 0 Å². The molecule has 91 valence electrons. The number of nitrogens with zero attached hydrogens (tertiary/aromatic N) is 1. The van der Waals surface area contributed by atoms with E-state index in [1.807, 2.05) is 6.07 Å². The van der Waals surface area contributed by atoms with E-state index in [0.29, 0.717) is 0 Å². The number of piperidine rings is 1. The summed E-state index contributed by atoms with van der Waals surface area (Å²) in [4.78, 5) is 0. The minimum Gasteiger partial charge on any atom is -0.660 e. The van der Waals surface area contributed by atoms with Crippen molar-refractivity contribution in [1.29, 1.82) is 0 Å². The molecule has 1 fully saturated rings. The molecule has 0 atom stereocenters. The van der Waals surface area contributed by atoms with Crippen molar-refractivity contribution in [1.82, 2.24) is 5.32 Å². The van der Waals surface area contributed by atoms with Crippen molar-refractivity contribution >= 4 is 0 Å². The Morgan fingerprint density at radius 3 is 2.88 bits per heavy atom. The van der Waals surface area contributed by atoms with Gasteiger partial charge in [-0.2, -0.15) is 35.4 Å². The molecule has 0 bridgehead atoms. The Labute approximate surface area is 130 Å². The predicted molar refractivity (Wildman–Crippen MR) is 67.5 cm³/mol. The Balaban J connectivity index is 0.00000144. The molecule has 1 aromatic rings. The van der Waals surface area contributed by atoms with Gasteiger partial charge in [0, 0.05) is 32.7 Å². The van der Waals surface area contributed by atoms with Gasteiger partial charge in [0.15, 0.2) is 0 Å². The Bertz CT molecular complexity index is 322. The second kappa shape index (κ2) is 8.36. The third-order valence-electron chi connectivity index (χ3n) is 3.15. The largest absolute Gasteiger partial charge is 0.660 e. The van der Waals surface area contributed by atoms with Crippen molar-refractivity contribution in [2.24, 2.45) is 5.92 Å². The van der Waals surface area contributed by atoms with Gasteiger partial charge in [0.2, 0.25) is 0 Å². The fourth-order valence-electron chi connectivity index (χ4n) is 2.17. The molecule has 0 aromatic heterocycles. The van der Waals surface area contributed by atoms with Crippen molar-refractivity contribution < 1.29 is 32.7 Å². The zero-order valence-corrected chi connectivity index (χ0v) is 13.4. The number of hydrogen-bond donors (Lipinski definition) is 1. The SMILES string of the molecule is Cc1cc[c-]c(C[N-]CC2CCNCC2)c1.[Y]. The van der Waals surface area contributed by atoms with Gasteiger partial charge in [-0.1, -0.05) is 12.8 Å². The molecule has 0 spiro atoms. The third kappa shape index (κ3) is 5.61. The molecule has 2 nitrogen and oxygen atoms in total. The minimum absolute atomic E-state index is 0. The van der Waals surface area contributed by atoms with Crippen LogP contribution in [0, 0.1) is 18.9 Å². The van der Waals surface area contributed by atoms with Crippen molar-refractivity contribution in [3.05, 3.63) is 40.7 Å². The Kier molecular flexibility index (Phi) is 7.53. The zero-order valence-electron chi connectivity index (χ0n) is 10.6. The molecule has 1 radical (unpaired) electrons. The van der Waals surface area contributed by atoms with Gasteiger partial charge in [0.25, 0.3) is 0 Å². The first-order chi connectivity index (χ1) is 7.84. The van der Waals surface area contributed by atoms with Crippen LogP contribution >= 0.6 is 0 Å². The van der Waals surface area contributed by atoms with Gasteiger partial charge in [-0.3, -0.25) is 0 Å². The van der Waals surface area contributed by atoms with Crippen LogP contribution in [-0.4, -0.2) is 19.6 Å². The first-order valence-corrected chi connectivity index (χ1v) is 6.16. The fourth-order valence-corrected chi connectivity index (χ4v) is 2.17. The predicted octanol–water partition coefficient (Wildman–Crippen LogP) is 2.67. The van der Waals surface area contributed by atoms with E-state index in [2.05, 4.69) is 35.8 Å². The molecule has 1 aliphatic heterocycles. The van der Waals surface area contributed by atoms with E-state index in [1.165, 1.54) is 24.0 Å². The van der Waals surface area contributed by atoms with Crippen LogP contribution in [0.3, 0.4) is 0 Å². The standard InChI is InChI=1S/C14H20N2.Y/c1-12-3-2-4-14(9-12)11-16-10-13-5-7-15-8-6-13;/h2-3,9,13,15H,5-8,10-11H2,1H3;/q-2;. The molecular weight excluding hydrogens is 285 g/mol. The molecule has 1 aromatic carbocycles. The minimum atomic E-state index is 0. The molecule has 1 N–H and O–H groups in total. The summed E-state index contributed by atoms with van der Waals surface area (Å²) in [5, 5.41) is 8.03. The van der Waals surface area contributed by atoms with E-state index in [0.717, 1.165) is 32.1 Å². The summed E-state index contributed by atoms with van der Waals surface area (Å²) in [6.07, 6.45) is 2.56.